The minimum Gasteiger partial charge on any atom is -0.342 e. The Kier molecular flexibility index (Phi) is 2.81. The van der Waals surface area contributed by atoms with Crippen LogP contribution < -0.4 is 5.73 Å². The van der Waals surface area contributed by atoms with Gasteiger partial charge in [0.2, 0.25) is 0 Å². The molecule has 1 aliphatic rings. The number of imidazole rings is 1. The molecule has 0 saturated heterocycles. The molecular weight excluding hydrogens is 234 g/mol. The maximum absolute atomic E-state index is 6.18. The summed E-state index contributed by atoms with van der Waals surface area (Å²) in [7, 11) is 0. The first-order valence-electron chi connectivity index (χ1n) is 6.15. The third kappa shape index (κ3) is 1.94. The normalized spacial score (nSPS) is 25.3. The summed E-state index contributed by atoms with van der Waals surface area (Å²) in [4.78, 5) is 7.98. The molecule has 2 aromatic rings. The number of nitrogens with one attached hydrogen (secondary N) is 1. The molecule has 3 nitrogen and oxygen atoms in total. The second-order valence-corrected chi connectivity index (χ2v) is 5.22. The third-order valence-electron chi connectivity index (χ3n) is 3.65. The van der Waals surface area contributed by atoms with Crippen molar-refractivity contribution in [2.75, 3.05) is 0 Å². The molecule has 1 saturated carbocycles. The van der Waals surface area contributed by atoms with Crippen LogP contribution >= 0.6 is 11.6 Å². The van der Waals surface area contributed by atoms with E-state index in [-0.39, 0.29) is 6.04 Å². The van der Waals surface area contributed by atoms with E-state index in [1.807, 2.05) is 18.2 Å². The van der Waals surface area contributed by atoms with Crippen molar-refractivity contribution in [1.29, 1.82) is 0 Å². The van der Waals surface area contributed by atoms with Gasteiger partial charge >= 0.3 is 0 Å². The number of benzene rings is 1. The quantitative estimate of drug-likeness (QED) is 0.816. The van der Waals surface area contributed by atoms with Gasteiger partial charge in [-0.3, -0.25) is 0 Å². The fourth-order valence-electron chi connectivity index (χ4n) is 2.69. The second kappa shape index (κ2) is 4.31. The van der Waals surface area contributed by atoms with E-state index in [1.54, 1.807) is 0 Å². The van der Waals surface area contributed by atoms with Crippen LogP contribution in [-0.4, -0.2) is 16.0 Å². The molecule has 1 aromatic carbocycles. The van der Waals surface area contributed by atoms with E-state index in [0.29, 0.717) is 10.9 Å². The molecule has 0 spiro atoms. The molecule has 17 heavy (non-hydrogen) atoms. The predicted molar refractivity (Wildman–Crippen MR) is 70.3 cm³/mol. The fourth-order valence-corrected chi connectivity index (χ4v) is 2.91. The van der Waals surface area contributed by atoms with Gasteiger partial charge in [0, 0.05) is 12.0 Å². The lowest BCUT2D eigenvalue weighted by molar-refractivity contribution is 0.375. The van der Waals surface area contributed by atoms with E-state index in [9.17, 15) is 0 Å². The molecule has 0 amide bonds. The molecule has 3 N–H and O–H groups in total. The number of hydrogen-bond donors (Lipinski definition) is 2. The van der Waals surface area contributed by atoms with Gasteiger partial charge in [-0.1, -0.05) is 30.5 Å². The second-order valence-electron chi connectivity index (χ2n) is 4.81. The van der Waals surface area contributed by atoms with Crippen molar-refractivity contribution in [3.8, 4) is 0 Å². The highest BCUT2D eigenvalue weighted by Crippen LogP contribution is 2.32. The molecular formula is C13H16ClN3. The summed E-state index contributed by atoms with van der Waals surface area (Å²) < 4.78 is 0. The van der Waals surface area contributed by atoms with Gasteiger partial charge in [0.05, 0.1) is 10.5 Å². The first kappa shape index (κ1) is 11.1. The number of rotatable bonds is 1. The van der Waals surface area contributed by atoms with Gasteiger partial charge in [-0.2, -0.15) is 0 Å². The molecule has 1 aromatic heterocycles. The third-order valence-corrected chi connectivity index (χ3v) is 3.96. The summed E-state index contributed by atoms with van der Waals surface area (Å²) in [6.07, 6.45) is 4.69. The number of aromatic nitrogens is 2. The first-order chi connectivity index (χ1) is 8.25. The van der Waals surface area contributed by atoms with Crippen LogP contribution in [0.15, 0.2) is 18.2 Å². The highest BCUT2D eigenvalue weighted by atomic mass is 35.5. The number of hydrogen-bond acceptors (Lipinski definition) is 2. The van der Waals surface area contributed by atoms with E-state index >= 15 is 0 Å². The highest BCUT2D eigenvalue weighted by Gasteiger charge is 2.26. The van der Waals surface area contributed by atoms with Crippen LogP contribution in [0.1, 0.15) is 37.4 Å². The molecule has 0 bridgehead atoms. The van der Waals surface area contributed by atoms with Crippen LogP contribution in [0.3, 0.4) is 0 Å². The number of nitrogens with zero attached hydrogens (tertiary/aromatic N) is 1. The average molecular weight is 250 g/mol. The molecule has 0 aliphatic heterocycles. The minimum atomic E-state index is 0.225. The Balaban J connectivity index is 2.02. The molecule has 1 fully saturated rings. The van der Waals surface area contributed by atoms with Crippen molar-refractivity contribution in [2.24, 2.45) is 5.73 Å². The van der Waals surface area contributed by atoms with Gasteiger partial charge in [0.1, 0.15) is 11.3 Å². The Hall–Kier alpha value is -1.06. The van der Waals surface area contributed by atoms with Crippen LogP contribution in [0.4, 0.5) is 0 Å². The molecule has 1 aliphatic carbocycles. The van der Waals surface area contributed by atoms with Gasteiger partial charge in [0.15, 0.2) is 0 Å². The monoisotopic (exact) mass is 249 g/mol. The van der Waals surface area contributed by atoms with Gasteiger partial charge in [0.25, 0.3) is 0 Å². The lowest BCUT2D eigenvalue weighted by Crippen LogP contribution is -2.31. The average Bonchev–Trinajstić information content (AvgIpc) is 2.75. The molecule has 1 heterocycles. The Morgan fingerprint density at radius 3 is 2.88 bits per heavy atom. The molecule has 90 valence electrons. The summed E-state index contributed by atoms with van der Waals surface area (Å²) in [6.45, 7) is 0. The molecule has 3 rings (SSSR count). The highest BCUT2D eigenvalue weighted by molar-refractivity contribution is 6.34. The van der Waals surface area contributed by atoms with E-state index in [4.69, 9.17) is 17.3 Å². The lowest BCUT2D eigenvalue weighted by Gasteiger charge is -2.26. The number of nitrogens with two attached hydrogens (primary N) is 1. The zero-order valence-corrected chi connectivity index (χ0v) is 10.4. The SMILES string of the molecule is NC1CCCCC1c1nc2c(Cl)cccc2[nH]1. The van der Waals surface area contributed by atoms with Crippen molar-refractivity contribution in [1.82, 2.24) is 9.97 Å². The largest absolute Gasteiger partial charge is 0.342 e. The molecule has 2 atom stereocenters. The zero-order valence-electron chi connectivity index (χ0n) is 9.62. The van der Waals surface area contributed by atoms with Crippen LogP contribution in [0.5, 0.6) is 0 Å². The number of halogens is 1. The van der Waals surface area contributed by atoms with E-state index < -0.39 is 0 Å². The summed E-state index contributed by atoms with van der Waals surface area (Å²) in [5.74, 6) is 1.35. The van der Waals surface area contributed by atoms with Gasteiger partial charge < -0.3 is 10.7 Å². The Bertz CT molecular complexity index is 534. The topological polar surface area (TPSA) is 54.7 Å². The maximum Gasteiger partial charge on any atom is 0.111 e. The standard InChI is InChI=1S/C13H16ClN3/c14-9-5-3-7-11-12(9)17-13(16-11)8-4-1-2-6-10(8)15/h3,5,7-8,10H,1-2,4,6,15H2,(H,16,17). The molecule has 2 unspecified atom stereocenters. The van der Waals surface area contributed by atoms with Crippen LogP contribution in [0.25, 0.3) is 11.0 Å². The molecule has 4 heteroatoms. The van der Waals surface area contributed by atoms with Crippen molar-refractivity contribution >= 4 is 22.6 Å². The van der Waals surface area contributed by atoms with E-state index in [2.05, 4.69) is 9.97 Å². The minimum absolute atomic E-state index is 0.225. The van der Waals surface area contributed by atoms with Crippen LogP contribution in [-0.2, 0) is 0 Å². The van der Waals surface area contributed by atoms with E-state index in [0.717, 1.165) is 29.7 Å². The van der Waals surface area contributed by atoms with Crippen molar-refractivity contribution in [3.05, 3.63) is 29.0 Å². The maximum atomic E-state index is 6.18. The van der Waals surface area contributed by atoms with Crippen molar-refractivity contribution in [3.63, 3.8) is 0 Å². The number of para-hydroxylation sites is 1. The molecule has 0 radical (unpaired) electrons. The van der Waals surface area contributed by atoms with Gasteiger partial charge in [-0.25, -0.2) is 4.98 Å². The van der Waals surface area contributed by atoms with Crippen LogP contribution in [0.2, 0.25) is 5.02 Å². The Morgan fingerprint density at radius 2 is 2.12 bits per heavy atom. The Labute approximate surface area is 105 Å². The van der Waals surface area contributed by atoms with E-state index in [1.165, 1.54) is 12.8 Å². The van der Waals surface area contributed by atoms with Gasteiger partial charge in [-0.05, 0) is 25.0 Å². The summed E-state index contributed by atoms with van der Waals surface area (Å²) >= 11 is 6.13. The summed E-state index contributed by atoms with van der Waals surface area (Å²) in [6, 6.07) is 6.04. The smallest absolute Gasteiger partial charge is 0.111 e. The number of fused-ring (bicyclic) bond motifs is 1. The summed E-state index contributed by atoms with van der Waals surface area (Å²) in [5.41, 5.74) is 8.05. The Morgan fingerprint density at radius 1 is 1.29 bits per heavy atom. The fraction of sp³-hybridized carbons (Fsp3) is 0.462. The zero-order chi connectivity index (χ0) is 11.8. The van der Waals surface area contributed by atoms with Gasteiger partial charge in [-0.15, -0.1) is 0 Å². The summed E-state index contributed by atoms with van der Waals surface area (Å²) in [5, 5.41) is 0.703. The lowest BCUT2D eigenvalue weighted by atomic mass is 9.84. The van der Waals surface area contributed by atoms with Crippen molar-refractivity contribution in [2.45, 2.75) is 37.6 Å². The van der Waals surface area contributed by atoms with Crippen molar-refractivity contribution < 1.29 is 0 Å². The first-order valence-corrected chi connectivity index (χ1v) is 6.53. The van der Waals surface area contributed by atoms with Crippen LogP contribution in [0, 0.1) is 0 Å². The number of aromatic amines is 1. The number of H-pyrrole nitrogens is 1. The predicted octanol–water partition coefficient (Wildman–Crippen LogP) is 3.20.